The molecule has 0 N–H and O–H groups in total. The Morgan fingerprint density at radius 2 is 2.00 bits per heavy atom. The van der Waals surface area contributed by atoms with Crippen molar-refractivity contribution in [2.75, 3.05) is 19.7 Å². The van der Waals surface area contributed by atoms with Gasteiger partial charge in [0.15, 0.2) is 0 Å². The molecular weight excluding hydrogens is 310 g/mol. The second kappa shape index (κ2) is 8.06. The molecule has 1 aromatic carbocycles. The van der Waals surface area contributed by atoms with Crippen LogP contribution in [0.25, 0.3) is 0 Å². The van der Waals surface area contributed by atoms with Gasteiger partial charge in [0.25, 0.3) is 0 Å². The Morgan fingerprint density at radius 3 is 2.65 bits per heavy atom. The summed E-state index contributed by atoms with van der Waals surface area (Å²) in [4.78, 5) is 14.9. The molecular formula is C18H27NO3S. The number of ether oxygens (including phenoxy) is 1. The third-order valence-electron chi connectivity index (χ3n) is 3.72. The van der Waals surface area contributed by atoms with Crippen LogP contribution in [-0.4, -0.2) is 36.3 Å². The van der Waals surface area contributed by atoms with E-state index in [4.69, 9.17) is 8.92 Å². The van der Waals surface area contributed by atoms with E-state index >= 15 is 0 Å². The summed E-state index contributed by atoms with van der Waals surface area (Å²) < 4.78 is 11.1. The van der Waals surface area contributed by atoms with E-state index in [1.807, 2.05) is 25.7 Å². The highest BCUT2D eigenvalue weighted by molar-refractivity contribution is 7.94. The number of aryl methyl sites for hydroxylation is 1. The van der Waals surface area contributed by atoms with Gasteiger partial charge in [0.1, 0.15) is 5.60 Å². The van der Waals surface area contributed by atoms with Crippen molar-refractivity contribution in [1.29, 1.82) is 0 Å². The zero-order chi connectivity index (χ0) is 16.9. The van der Waals surface area contributed by atoms with Crippen LogP contribution < -0.4 is 0 Å². The van der Waals surface area contributed by atoms with Crippen LogP contribution in [0.4, 0.5) is 4.79 Å². The molecule has 0 bridgehead atoms. The van der Waals surface area contributed by atoms with E-state index in [9.17, 15) is 4.79 Å². The SMILES string of the molecule is Cc1ccc(SOCCC2CCN(C(=O)OC(C)(C)C)C2)cc1. The third-order valence-corrected chi connectivity index (χ3v) is 4.47. The lowest BCUT2D eigenvalue weighted by atomic mass is 10.1. The van der Waals surface area contributed by atoms with Crippen LogP contribution in [-0.2, 0) is 8.92 Å². The summed E-state index contributed by atoms with van der Waals surface area (Å²) in [6, 6.07) is 8.31. The summed E-state index contributed by atoms with van der Waals surface area (Å²) in [5.41, 5.74) is 0.825. The smallest absolute Gasteiger partial charge is 0.410 e. The van der Waals surface area contributed by atoms with Gasteiger partial charge in [-0.25, -0.2) is 4.79 Å². The topological polar surface area (TPSA) is 38.8 Å². The second-order valence-electron chi connectivity index (χ2n) is 7.09. The minimum atomic E-state index is -0.428. The fraction of sp³-hybridized carbons (Fsp3) is 0.611. The van der Waals surface area contributed by atoms with Crippen molar-refractivity contribution in [1.82, 2.24) is 4.90 Å². The molecule has 4 nitrogen and oxygen atoms in total. The molecule has 0 saturated carbocycles. The molecule has 1 amide bonds. The Labute approximate surface area is 143 Å². The molecule has 1 atom stereocenters. The molecule has 0 aliphatic carbocycles. The summed E-state index contributed by atoms with van der Waals surface area (Å²) in [7, 11) is 0. The highest BCUT2D eigenvalue weighted by Crippen LogP contribution is 2.24. The van der Waals surface area contributed by atoms with Crippen molar-refractivity contribution >= 4 is 18.1 Å². The molecule has 0 aromatic heterocycles. The lowest BCUT2D eigenvalue weighted by Crippen LogP contribution is -2.35. The number of nitrogens with zero attached hydrogens (tertiary/aromatic N) is 1. The Morgan fingerprint density at radius 1 is 1.30 bits per heavy atom. The van der Waals surface area contributed by atoms with E-state index < -0.39 is 5.60 Å². The predicted molar refractivity (Wildman–Crippen MR) is 93.5 cm³/mol. The molecule has 1 aromatic rings. The minimum Gasteiger partial charge on any atom is -0.444 e. The van der Waals surface area contributed by atoms with Gasteiger partial charge in [-0.15, -0.1) is 0 Å². The fourth-order valence-corrected chi connectivity index (χ4v) is 3.04. The van der Waals surface area contributed by atoms with Crippen LogP contribution in [0, 0.1) is 12.8 Å². The summed E-state index contributed by atoms with van der Waals surface area (Å²) in [6.07, 6.45) is 1.80. The maximum absolute atomic E-state index is 12.0. The average molecular weight is 337 g/mol. The van der Waals surface area contributed by atoms with Crippen molar-refractivity contribution < 1.29 is 13.7 Å². The highest BCUT2D eigenvalue weighted by atomic mass is 32.2. The molecule has 5 heteroatoms. The highest BCUT2D eigenvalue weighted by Gasteiger charge is 2.29. The number of benzene rings is 1. The van der Waals surface area contributed by atoms with Crippen LogP contribution in [0.1, 0.15) is 39.2 Å². The van der Waals surface area contributed by atoms with E-state index in [1.54, 1.807) is 0 Å². The number of carbonyl (C=O) groups excluding carboxylic acids is 1. The summed E-state index contributed by atoms with van der Waals surface area (Å²) in [6.45, 7) is 10.0. The molecule has 1 unspecified atom stereocenters. The van der Waals surface area contributed by atoms with E-state index in [0.29, 0.717) is 12.5 Å². The molecule has 1 fully saturated rings. The second-order valence-corrected chi connectivity index (χ2v) is 7.96. The largest absolute Gasteiger partial charge is 0.444 e. The van der Waals surface area contributed by atoms with Gasteiger partial charge in [0, 0.05) is 30.0 Å². The van der Waals surface area contributed by atoms with Crippen molar-refractivity contribution in [3.8, 4) is 0 Å². The quantitative estimate of drug-likeness (QED) is 0.578. The zero-order valence-electron chi connectivity index (χ0n) is 14.5. The number of likely N-dealkylation sites (tertiary alicyclic amines) is 1. The molecule has 23 heavy (non-hydrogen) atoms. The fourth-order valence-electron chi connectivity index (χ4n) is 2.48. The number of rotatable bonds is 5. The molecule has 1 saturated heterocycles. The normalized spacial score (nSPS) is 18.3. The van der Waals surface area contributed by atoms with Gasteiger partial charge in [-0.3, -0.25) is 0 Å². The molecule has 2 rings (SSSR count). The van der Waals surface area contributed by atoms with Gasteiger partial charge in [-0.05, 0) is 58.6 Å². The van der Waals surface area contributed by atoms with E-state index in [0.717, 1.165) is 30.8 Å². The van der Waals surface area contributed by atoms with Gasteiger partial charge in [-0.1, -0.05) is 17.7 Å². The van der Waals surface area contributed by atoms with Crippen molar-refractivity contribution in [3.05, 3.63) is 29.8 Å². The standard InChI is InChI=1S/C18H27NO3S/c1-14-5-7-16(8-6-14)23-21-12-10-15-9-11-19(13-15)17(20)22-18(2,3)4/h5-8,15H,9-13H2,1-4H3. The van der Waals surface area contributed by atoms with Crippen LogP contribution in [0.15, 0.2) is 29.2 Å². The number of hydrogen-bond acceptors (Lipinski definition) is 4. The van der Waals surface area contributed by atoms with Gasteiger partial charge >= 0.3 is 6.09 Å². The van der Waals surface area contributed by atoms with Crippen molar-refractivity contribution in [2.24, 2.45) is 5.92 Å². The minimum absolute atomic E-state index is 0.199. The average Bonchev–Trinajstić information content (AvgIpc) is 2.93. The molecule has 1 aliphatic heterocycles. The van der Waals surface area contributed by atoms with Crippen molar-refractivity contribution in [3.63, 3.8) is 0 Å². The van der Waals surface area contributed by atoms with E-state index in [2.05, 4.69) is 31.2 Å². The van der Waals surface area contributed by atoms with Crippen LogP contribution >= 0.6 is 12.0 Å². The number of hydrogen-bond donors (Lipinski definition) is 0. The summed E-state index contributed by atoms with van der Waals surface area (Å²) in [5.74, 6) is 0.501. The van der Waals surface area contributed by atoms with Gasteiger partial charge in [0.2, 0.25) is 0 Å². The zero-order valence-corrected chi connectivity index (χ0v) is 15.3. The summed E-state index contributed by atoms with van der Waals surface area (Å²) in [5, 5.41) is 0. The number of amides is 1. The molecule has 128 valence electrons. The molecule has 0 spiro atoms. The monoisotopic (exact) mass is 337 g/mol. The lowest BCUT2D eigenvalue weighted by Gasteiger charge is -2.24. The first-order valence-electron chi connectivity index (χ1n) is 8.17. The molecule has 0 radical (unpaired) electrons. The summed E-state index contributed by atoms with van der Waals surface area (Å²) >= 11 is 1.42. The first kappa shape index (κ1) is 18.1. The first-order valence-corrected chi connectivity index (χ1v) is 8.92. The molecule has 1 heterocycles. The Balaban J connectivity index is 1.64. The maximum atomic E-state index is 12.0. The van der Waals surface area contributed by atoms with E-state index in [1.165, 1.54) is 17.6 Å². The van der Waals surface area contributed by atoms with Crippen molar-refractivity contribution in [2.45, 2.75) is 51.0 Å². The van der Waals surface area contributed by atoms with Gasteiger partial charge in [-0.2, -0.15) is 0 Å². The Bertz CT molecular complexity index is 510. The molecule has 1 aliphatic rings. The predicted octanol–water partition coefficient (Wildman–Crippen LogP) is 4.67. The van der Waals surface area contributed by atoms with Gasteiger partial charge in [0.05, 0.1) is 6.61 Å². The lowest BCUT2D eigenvalue weighted by molar-refractivity contribution is 0.0286. The van der Waals surface area contributed by atoms with E-state index in [-0.39, 0.29) is 6.09 Å². The third kappa shape index (κ3) is 6.43. The maximum Gasteiger partial charge on any atom is 0.410 e. The van der Waals surface area contributed by atoms with Gasteiger partial charge < -0.3 is 13.8 Å². The Hall–Kier alpha value is -1.20. The van der Waals surface area contributed by atoms with Crippen LogP contribution in [0.3, 0.4) is 0 Å². The van der Waals surface area contributed by atoms with Crippen LogP contribution in [0.5, 0.6) is 0 Å². The Kier molecular flexibility index (Phi) is 6.36. The first-order chi connectivity index (χ1) is 10.8. The number of carbonyl (C=O) groups is 1. The van der Waals surface area contributed by atoms with Crippen LogP contribution in [0.2, 0.25) is 0 Å².